The molecule has 16 heavy (non-hydrogen) atoms. The van der Waals surface area contributed by atoms with Crippen molar-refractivity contribution in [2.45, 2.75) is 6.18 Å². The van der Waals surface area contributed by atoms with Crippen LogP contribution in [-0.4, -0.2) is 6.29 Å². The molecule has 0 amide bonds. The zero-order valence-corrected chi connectivity index (χ0v) is 8.24. The quantitative estimate of drug-likeness (QED) is 0.438. The second kappa shape index (κ2) is 5.30. The van der Waals surface area contributed by atoms with E-state index in [2.05, 4.69) is 0 Å². The van der Waals surface area contributed by atoms with Crippen LogP contribution in [0.15, 0.2) is 42.5 Å². The third-order valence-electron chi connectivity index (χ3n) is 1.83. The number of alkyl halides is 3. The lowest BCUT2D eigenvalue weighted by Crippen LogP contribution is -2.03. The molecule has 0 fully saturated rings. The summed E-state index contributed by atoms with van der Waals surface area (Å²) in [5.74, 6) is 0. The Morgan fingerprint density at radius 1 is 0.938 bits per heavy atom. The van der Waals surface area contributed by atoms with E-state index >= 15 is 0 Å². The van der Waals surface area contributed by atoms with Gasteiger partial charge in [-0.15, -0.1) is 0 Å². The third-order valence-corrected chi connectivity index (χ3v) is 1.83. The summed E-state index contributed by atoms with van der Waals surface area (Å²) in [5.41, 5.74) is -0.0309. The van der Waals surface area contributed by atoms with Crippen LogP contribution in [0.4, 0.5) is 13.2 Å². The summed E-state index contributed by atoms with van der Waals surface area (Å²) in [5, 5.41) is 0. The number of rotatable bonds is 3. The summed E-state index contributed by atoms with van der Waals surface area (Å²) in [7, 11) is 0. The van der Waals surface area contributed by atoms with Crippen molar-refractivity contribution in [3.8, 4) is 0 Å². The summed E-state index contributed by atoms with van der Waals surface area (Å²) in [6.45, 7) is 0. The average Bonchev–Trinajstić information content (AvgIpc) is 2.24. The van der Waals surface area contributed by atoms with Gasteiger partial charge in [0.25, 0.3) is 0 Å². The van der Waals surface area contributed by atoms with Crippen LogP contribution < -0.4 is 0 Å². The minimum absolute atomic E-state index is 0.622. The third kappa shape index (κ3) is 3.73. The van der Waals surface area contributed by atoms with E-state index in [1.165, 1.54) is 24.3 Å². The van der Waals surface area contributed by atoms with E-state index in [0.717, 1.165) is 12.1 Å². The van der Waals surface area contributed by atoms with Crippen molar-refractivity contribution >= 4 is 12.4 Å². The fraction of sp³-hybridized carbons (Fsp3) is 0.0833. The molecule has 0 unspecified atom stereocenters. The van der Waals surface area contributed by atoms with Gasteiger partial charge < -0.3 is 0 Å². The van der Waals surface area contributed by atoms with Gasteiger partial charge in [0.05, 0.1) is 5.56 Å². The highest BCUT2D eigenvalue weighted by atomic mass is 19.4. The standard InChI is InChI=1S/C12H9F3O/c13-12(14,15)11-7-5-10(6-8-11)4-2-1-3-9-16/h1-9H. The maximum atomic E-state index is 12.2. The van der Waals surface area contributed by atoms with Crippen molar-refractivity contribution in [3.63, 3.8) is 0 Å². The van der Waals surface area contributed by atoms with Crippen LogP contribution in [0.1, 0.15) is 11.1 Å². The van der Waals surface area contributed by atoms with Gasteiger partial charge in [-0.2, -0.15) is 13.2 Å². The lowest BCUT2D eigenvalue weighted by molar-refractivity contribution is -0.137. The van der Waals surface area contributed by atoms with E-state index in [-0.39, 0.29) is 0 Å². The lowest BCUT2D eigenvalue weighted by atomic mass is 10.1. The number of hydrogen-bond acceptors (Lipinski definition) is 1. The highest BCUT2D eigenvalue weighted by Gasteiger charge is 2.29. The van der Waals surface area contributed by atoms with Crippen molar-refractivity contribution in [1.82, 2.24) is 0 Å². The van der Waals surface area contributed by atoms with Crippen molar-refractivity contribution in [2.24, 2.45) is 0 Å². The first-order valence-corrected chi connectivity index (χ1v) is 4.50. The van der Waals surface area contributed by atoms with Gasteiger partial charge in [0.2, 0.25) is 0 Å². The number of allylic oxidation sites excluding steroid dienone is 3. The summed E-state index contributed by atoms with van der Waals surface area (Å²) < 4.78 is 36.6. The Bertz CT molecular complexity index is 399. The summed E-state index contributed by atoms with van der Waals surface area (Å²) in [6, 6.07) is 4.77. The van der Waals surface area contributed by atoms with Crippen LogP contribution in [0.3, 0.4) is 0 Å². The molecule has 0 N–H and O–H groups in total. The summed E-state index contributed by atoms with van der Waals surface area (Å²) >= 11 is 0. The van der Waals surface area contributed by atoms with Crippen molar-refractivity contribution in [1.29, 1.82) is 0 Å². The maximum Gasteiger partial charge on any atom is 0.416 e. The molecule has 1 rings (SSSR count). The van der Waals surface area contributed by atoms with Crippen LogP contribution in [0.5, 0.6) is 0 Å². The van der Waals surface area contributed by atoms with E-state index in [1.807, 2.05) is 0 Å². The largest absolute Gasteiger partial charge is 0.416 e. The highest BCUT2D eigenvalue weighted by Crippen LogP contribution is 2.29. The Kier molecular flexibility index (Phi) is 4.05. The molecule has 1 nitrogen and oxygen atoms in total. The number of halogens is 3. The Morgan fingerprint density at radius 3 is 2.06 bits per heavy atom. The molecule has 84 valence electrons. The first-order valence-electron chi connectivity index (χ1n) is 4.50. The first-order chi connectivity index (χ1) is 7.54. The second-order valence-corrected chi connectivity index (χ2v) is 3.00. The number of aldehydes is 1. The van der Waals surface area contributed by atoms with Crippen molar-refractivity contribution in [2.75, 3.05) is 0 Å². The van der Waals surface area contributed by atoms with Crippen molar-refractivity contribution in [3.05, 3.63) is 53.6 Å². The molecule has 4 heteroatoms. The molecule has 1 aromatic rings. The monoisotopic (exact) mass is 226 g/mol. The Hall–Kier alpha value is -1.84. The Labute approximate surface area is 90.9 Å². The second-order valence-electron chi connectivity index (χ2n) is 3.00. The average molecular weight is 226 g/mol. The molecule has 0 saturated carbocycles. The van der Waals surface area contributed by atoms with Crippen LogP contribution in [0, 0.1) is 0 Å². The molecule has 0 radical (unpaired) electrons. The molecule has 0 aliphatic carbocycles. The molecular weight excluding hydrogens is 217 g/mol. The SMILES string of the molecule is O=CC=CC=Cc1ccc(C(F)(F)F)cc1. The zero-order chi connectivity index (χ0) is 12.0. The molecule has 0 spiro atoms. The predicted molar refractivity (Wildman–Crippen MR) is 55.7 cm³/mol. The van der Waals surface area contributed by atoms with E-state index in [4.69, 9.17) is 0 Å². The molecule has 0 heterocycles. The smallest absolute Gasteiger partial charge is 0.299 e. The first kappa shape index (κ1) is 12.2. The molecule has 1 aromatic carbocycles. The van der Waals surface area contributed by atoms with Gasteiger partial charge in [-0.25, -0.2) is 0 Å². The van der Waals surface area contributed by atoms with E-state index in [1.54, 1.807) is 12.2 Å². The van der Waals surface area contributed by atoms with E-state index < -0.39 is 11.7 Å². The molecule has 0 aromatic heterocycles. The van der Waals surface area contributed by atoms with Crippen molar-refractivity contribution < 1.29 is 18.0 Å². The topological polar surface area (TPSA) is 17.1 Å². The van der Waals surface area contributed by atoms with E-state index in [0.29, 0.717) is 11.8 Å². The predicted octanol–water partition coefficient (Wildman–Crippen LogP) is 3.47. The van der Waals surface area contributed by atoms with Crippen LogP contribution in [-0.2, 0) is 11.0 Å². The number of benzene rings is 1. The zero-order valence-electron chi connectivity index (χ0n) is 8.24. The van der Waals surface area contributed by atoms with Gasteiger partial charge in [-0.05, 0) is 23.8 Å². The van der Waals surface area contributed by atoms with Crippen LogP contribution in [0.25, 0.3) is 6.08 Å². The molecule has 0 bridgehead atoms. The molecule has 0 atom stereocenters. The molecule has 0 aliphatic rings. The van der Waals surface area contributed by atoms with Gasteiger partial charge in [0.1, 0.15) is 6.29 Å². The minimum Gasteiger partial charge on any atom is -0.299 e. The number of hydrogen-bond donors (Lipinski definition) is 0. The van der Waals surface area contributed by atoms with Crippen LogP contribution >= 0.6 is 0 Å². The summed E-state index contributed by atoms with van der Waals surface area (Å²) in [6.07, 6.45) is 2.30. The lowest BCUT2D eigenvalue weighted by Gasteiger charge is -2.05. The minimum atomic E-state index is -4.31. The fourth-order valence-electron chi connectivity index (χ4n) is 1.06. The molecular formula is C12H9F3O. The molecule has 0 aliphatic heterocycles. The maximum absolute atomic E-state index is 12.2. The number of carbonyl (C=O) groups is 1. The Balaban J connectivity index is 2.76. The molecule has 0 saturated heterocycles. The summed E-state index contributed by atoms with van der Waals surface area (Å²) in [4.78, 5) is 9.93. The van der Waals surface area contributed by atoms with Crippen LogP contribution in [0.2, 0.25) is 0 Å². The fourth-order valence-corrected chi connectivity index (χ4v) is 1.06. The van der Waals surface area contributed by atoms with Gasteiger partial charge in [0, 0.05) is 0 Å². The Morgan fingerprint density at radius 2 is 1.56 bits per heavy atom. The normalized spacial score (nSPS) is 12.4. The highest BCUT2D eigenvalue weighted by molar-refractivity contribution is 5.66. The number of carbonyl (C=O) groups excluding carboxylic acids is 1. The van der Waals surface area contributed by atoms with Gasteiger partial charge >= 0.3 is 6.18 Å². The van der Waals surface area contributed by atoms with Gasteiger partial charge in [-0.3, -0.25) is 4.79 Å². The van der Waals surface area contributed by atoms with Gasteiger partial charge in [0.15, 0.2) is 0 Å². The van der Waals surface area contributed by atoms with Gasteiger partial charge in [-0.1, -0.05) is 30.4 Å². The van der Waals surface area contributed by atoms with E-state index in [9.17, 15) is 18.0 Å².